The molecule has 26 heavy (non-hydrogen) atoms. The molecule has 1 aromatic carbocycles. The first-order valence-electron chi connectivity index (χ1n) is 8.06. The molecule has 0 radical (unpaired) electrons. The van der Waals surface area contributed by atoms with E-state index in [1.165, 1.54) is 24.2 Å². The van der Waals surface area contributed by atoms with Crippen LogP contribution in [0.4, 0.5) is 0 Å². The summed E-state index contributed by atoms with van der Waals surface area (Å²) in [6.45, 7) is 3.46. The van der Waals surface area contributed by atoms with Crippen molar-refractivity contribution >= 4 is 50.9 Å². The number of nitrogens with one attached hydrogen (secondary N) is 1. The molecule has 1 atom stereocenters. The normalized spacial score (nSPS) is 19.8. The van der Waals surface area contributed by atoms with Crippen LogP contribution in [0, 0.1) is 12.8 Å². The lowest BCUT2D eigenvalue weighted by molar-refractivity contribution is -0.121. The Kier molecular flexibility index (Phi) is 5.90. The number of fused-ring (bicyclic) bond motifs is 1. The molecule has 1 aromatic rings. The van der Waals surface area contributed by atoms with Crippen LogP contribution in [0.2, 0.25) is 0 Å². The molecule has 0 fully saturated rings. The zero-order valence-electron chi connectivity index (χ0n) is 14.3. The predicted molar refractivity (Wildman–Crippen MR) is 111 cm³/mol. The van der Waals surface area contributed by atoms with E-state index in [-0.39, 0.29) is 17.1 Å². The molecule has 6 heteroatoms. The van der Waals surface area contributed by atoms with Crippen LogP contribution in [0.15, 0.2) is 68.3 Å². The third-order valence-electron chi connectivity index (χ3n) is 4.10. The molecule has 1 unspecified atom stereocenters. The number of rotatable bonds is 4. The molecule has 1 heterocycles. The van der Waals surface area contributed by atoms with E-state index in [9.17, 15) is 9.59 Å². The number of carbonyl (C=O) groups excluding carboxylic acids is 2. The lowest BCUT2D eigenvalue weighted by atomic mass is 9.90. The van der Waals surface area contributed by atoms with E-state index in [4.69, 9.17) is 11.6 Å². The average Bonchev–Trinajstić information content (AvgIpc) is 2.72. The van der Waals surface area contributed by atoms with Gasteiger partial charge in [0, 0.05) is 21.0 Å². The Morgan fingerprint density at radius 2 is 2.12 bits per heavy atom. The van der Waals surface area contributed by atoms with Gasteiger partial charge in [0.2, 0.25) is 0 Å². The lowest BCUT2D eigenvalue weighted by Gasteiger charge is -2.28. The molecular formula is C20H17BrClNO2S. The van der Waals surface area contributed by atoms with E-state index in [2.05, 4.69) is 27.3 Å². The van der Waals surface area contributed by atoms with Gasteiger partial charge in [0.05, 0.1) is 16.5 Å². The smallest absolute Gasteiger partial charge is 0.181 e. The molecule has 0 saturated heterocycles. The molecule has 134 valence electrons. The van der Waals surface area contributed by atoms with Gasteiger partial charge in [-0.2, -0.15) is 0 Å². The van der Waals surface area contributed by atoms with Gasteiger partial charge in [0.25, 0.3) is 0 Å². The Balaban J connectivity index is 1.97. The Morgan fingerprint density at radius 3 is 2.81 bits per heavy atom. The molecule has 0 spiro atoms. The summed E-state index contributed by atoms with van der Waals surface area (Å²) in [5, 5.41) is 4.35. The molecular weight excluding hydrogens is 434 g/mol. The Bertz CT molecular complexity index is 914. The van der Waals surface area contributed by atoms with Crippen molar-refractivity contribution in [2.24, 2.45) is 5.92 Å². The van der Waals surface area contributed by atoms with Crippen LogP contribution in [0.25, 0.3) is 0 Å². The molecule has 1 N–H and O–H groups in total. The van der Waals surface area contributed by atoms with Gasteiger partial charge in [-0.3, -0.25) is 9.59 Å². The van der Waals surface area contributed by atoms with Gasteiger partial charge in [0.15, 0.2) is 11.6 Å². The largest absolute Gasteiger partial charge is 0.351 e. The van der Waals surface area contributed by atoms with Crippen LogP contribution >= 0.6 is 39.3 Å². The minimum Gasteiger partial charge on any atom is -0.351 e. The predicted octanol–water partition coefficient (Wildman–Crippen LogP) is 5.12. The summed E-state index contributed by atoms with van der Waals surface area (Å²) < 4.78 is 0.749. The average molecular weight is 451 g/mol. The number of thioether (sulfide) groups is 1. The Hall–Kier alpha value is -1.56. The minimum absolute atomic E-state index is 0.208. The molecule has 1 aliphatic carbocycles. The van der Waals surface area contributed by atoms with Crippen LogP contribution < -0.4 is 5.32 Å². The van der Waals surface area contributed by atoms with E-state index >= 15 is 0 Å². The second kappa shape index (κ2) is 7.99. The van der Waals surface area contributed by atoms with Crippen molar-refractivity contribution in [1.82, 2.24) is 5.32 Å². The summed E-state index contributed by atoms with van der Waals surface area (Å²) in [5.41, 5.74) is 3.23. The number of hydrogen-bond donors (Lipinski definition) is 1. The van der Waals surface area contributed by atoms with Gasteiger partial charge in [0.1, 0.15) is 0 Å². The van der Waals surface area contributed by atoms with E-state index < -0.39 is 5.92 Å². The number of halogens is 2. The van der Waals surface area contributed by atoms with Gasteiger partial charge in [-0.1, -0.05) is 41.4 Å². The van der Waals surface area contributed by atoms with E-state index in [0.717, 1.165) is 10.0 Å². The molecule has 0 amide bonds. The van der Waals surface area contributed by atoms with Gasteiger partial charge in [-0.05, 0) is 53.6 Å². The number of Topliss-reactive ketones (excluding diaryl/α,β-unsaturated/α-hetero) is 2. The number of benzene rings is 1. The van der Waals surface area contributed by atoms with Gasteiger partial charge in [-0.25, -0.2) is 0 Å². The fourth-order valence-corrected chi connectivity index (χ4v) is 4.61. The molecule has 0 aromatic heterocycles. The van der Waals surface area contributed by atoms with E-state index in [1.54, 1.807) is 18.2 Å². The highest BCUT2D eigenvalue weighted by molar-refractivity contribution is 9.11. The second-order valence-corrected chi connectivity index (χ2v) is 8.43. The summed E-state index contributed by atoms with van der Waals surface area (Å²) in [4.78, 5) is 25.2. The molecule has 0 saturated carbocycles. The molecule has 3 rings (SSSR count). The van der Waals surface area contributed by atoms with Crippen LogP contribution in [0.5, 0.6) is 0 Å². The van der Waals surface area contributed by atoms with Crippen LogP contribution in [0.3, 0.4) is 0 Å². The summed E-state index contributed by atoms with van der Waals surface area (Å²) in [6.07, 6.45) is 5.19. The highest BCUT2D eigenvalue weighted by atomic mass is 79.9. The molecule has 1 aliphatic heterocycles. The zero-order chi connectivity index (χ0) is 18.8. The molecule has 2 aliphatic rings. The van der Waals surface area contributed by atoms with E-state index in [1.807, 2.05) is 25.1 Å². The van der Waals surface area contributed by atoms with Gasteiger partial charge in [-0.15, -0.1) is 11.8 Å². The zero-order valence-corrected chi connectivity index (χ0v) is 17.5. The van der Waals surface area contributed by atoms with Crippen molar-refractivity contribution < 1.29 is 9.59 Å². The van der Waals surface area contributed by atoms with Crippen LogP contribution in [-0.2, 0) is 15.3 Å². The first-order chi connectivity index (χ1) is 12.4. The number of allylic oxidation sites excluding steroid dienone is 6. The summed E-state index contributed by atoms with van der Waals surface area (Å²) >= 11 is 11.1. The third kappa shape index (κ3) is 4.05. The van der Waals surface area contributed by atoms with Gasteiger partial charge >= 0.3 is 0 Å². The van der Waals surface area contributed by atoms with E-state index in [0.29, 0.717) is 21.5 Å². The van der Waals surface area contributed by atoms with Crippen molar-refractivity contribution in [3.05, 3.63) is 79.4 Å². The Labute approximate surface area is 170 Å². The lowest BCUT2D eigenvalue weighted by Crippen LogP contribution is -2.35. The maximum absolute atomic E-state index is 13.0. The number of carbonyl (C=O) groups is 2. The van der Waals surface area contributed by atoms with Gasteiger partial charge < -0.3 is 5.32 Å². The first-order valence-corrected chi connectivity index (χ1v) is 10.2. The van der Waals surface area contributed by atoms with Crippen molar-refractivity contribution in [2.75, 3.05) is 0 Å². The fourth-order valence-electron chi connectivity index (χ4n) is 2.88. The topological polar surface area (TPSA) is 46.2 Å². The van der Waals surface area contributed by atoms with Crippen molar-refractivity contribution in [1.29, 1.82) is 0 Å². The summed E-state index contributed by atoms with van der Waals surface area (Å²) in [7, 11) is 0. The SMILES string of the molecule is CC(=O)C1=C(SCc2cccc(C)c2)NC2=C(Br)C=CC(Cl)=CC2C1=O. The summed E-state index contributed by atoms with van der Waals surface area (Å²) in [6, 6.07) is 8.17. The Morgan fingerprint density at radius 1 is 1.35 bits per heavy atom. The highest BCUT2D eigenvalue weighted by Gasteiger charge is 2.36. The fraction of sp³-hybridized carbons (Fsp3) is 0.200. The maximum Gasteiger partial charge on any atom is 0.181 e. The monoisotopic (exact) mass is 449 g/mol. The minimum atomic E-state index is -0.589. The first kappa shape index (κ1) is 19.2. The number of aryl methyl sites for hydroxylation is 1. The maximum atomic E-state index is 13.0. The molecule has 3 nitrogen and oxygen atoms in total. The second-order valence-electron chi connectivity index (χ2n) is 6.15. The van der Waals surface area contributed by atoms with Crippen LogP contribution in [0.1, 0.15) is 18.1 Å². The third-order valence-corrected chi connectivity index (χ3v) is 6.12. The summed E-state index contributed by atoms with van der Waals surface area (Å²) in [5.74, 6) is -0.396. The number of ketones is 2. The standard InChI is InChI=1S/C20H17BrClNO2S/c1-11-4-3-5-13(8-11)10-26-20-17(12(2)24)19(25)15-9-14(22)6-7-16(21)18(15)23-20/h3-9,15,23H,10H2,1-2H3. The number of hydrogen-bond acceptors (Lipinski definition) is 4. The quantitative estimate of drug-likeness (QED) is 0.647. The van der Waals surface area contributed by atoms with Crippen molar-refractivity contribution in [3.8, 4) is 0 Å². The van der Waals surface area contributed by atoms with Crippen molar-refractivity contribution in [2.45, 2.75) is 19.6 Å². The van der Waals surface area contributed by atoms with Crippen molar-refractivity contribution in [3.63, 3.8) is 0 Å². The molecule has 0 bridgehead atoms. The van der Waals surface area contributed by atoms with Crippen LogP contribution in [-0.4, -0.2) is 11.6 Å². The highest BCUT2D eigenvalue weighted by Crippen LogP contribution is 2.37.